The molecule has 0 aromatic heterocycles. The highest BCUT2D eigenvalue weighted by Gasteiger charge is 2.26. The molecule has 2 rings (SSSR count). The van der Waals surface area contributed by atoms with Gasteiger partial charge in [0.25, 0.3) is 0 Å². The molecule has 1 aromatic carbocycles. The zero-order valence-electron chi connectivity index (χ0n) is 11.9. The molecule has 19 heavy (non-hydrogen) atoms. The number of ether oxygens (including phenoxy) is 1. The first-order valence-corrected chi connectivity index (χ1v) is 6.97. The summed E-state index contributed by atoms with van der Waals surface area (Å²) in [5.74, 6) is 0.895. The summed E-state index contributed by atoms with van der Waals surface area (Å²) in [6, 6.07) is 5.94. The van der Waals surface area contributed by atoms with E-state index in [9.17, 15) is 0 Å². The van der Waals surface area contributed by atoms with Gasteiger partial charge in [0.1, 0.15) is 17.5 Å². The molecule has 0 bridgehead atoms. The van der Waals surface area contributed by atoms with Crippen LogP contribution in [0, 0.1) is 0 Å². The summed E-state index contributed by atoms with van der Waals surface area (Å²) < 4.78 is 5.98. The van der Waals surface area contributed by atoms with Crippen LogP contribution in [-0.2, 0) is 11.3 Å². The summed E-state index contributed by atoms with van der Waals surface area (Å²) in [6.45, 7) is 8.01. The van der Waals surface area contributed by atoms with Crippen molar-refractivity contribution < 1.29 is 9.57 Å². The van der Waals surface area contributed by atoms with Gasteiger partial charge in [-0.15, -0.1) is 0 Å². The Hall–Kier alpha value is -1.22. The number of halogens is 1. The van der Waals surface area contributed by atoms with Gasteiger partial charge in [-0.25, -0.2) is 0 Å². The molecule has 3 nitrogen and oxygen atoms in total. The number of fused-ring (bicyclic) bond motifs is 1. The quantitative estimate of drug-likeness (QED) is 0.616. The Morgan fingerprint density at radius 2 is 2.16 bits per heavy atom. The Labute approximate surface area is 119 Å². The van der Waals surface area contributed by atoms with Crippen LogP contribution in [-0.4, -0.2) is 16.9 Å². The molecule has 0 saturated heterocycles. The van der Waals surface area contributed by atoms with E-state index >= 15 is 0 Å². The fourth-order valence-corrected chi connectivity index (χ4v) is 2.13. The van der Waals surface area contributed by atoms with Crippen LogP contribution in [0.2, 0.25) is 0 Å². The minimum Gasteiger partial charge on any atom is -0.488 e. The Kier molecular flexibility index (Phi) is 4.04. The molecule has 1 aliphatic heterocycles. The number of hydrogen-bond acceptors (Lipinski definition) is 3. The summed E-state index contributed by atoms with van der Waals surface area (Å²) in [6.07, 6.45) is 2.07. The van der Waals surface area contributed by atoms with Crippen molar-refractivity contribution in [2.75, 3.05) is 0 Å². The van der Waals surface area contributed by atoms with Crippen molar-refractivity contribution in [1.82, 2.24) is 0 Å². The van der Waals surface area contributed by atoms with Crippen molar-refractivity contribution in [3.05, 3.63) is 29.3 Å². The van der Waals surface area contributed by atoms with Crippen molar-refractivity contribution in [2.45, 2.75) is 52.2 Å². The van der Waals surface area contributed by atoms with E-state index in [4.69, 9.17) is 21.2 Å². The van der Waals surface area contributed by atoms with Crippen molar-refractivity contribution in [3.8, 4) is 5.75 Å². The van der Waals surface area contributed by atoms with E-state index in [0.29, 0.717) is 5.17 Å². The van der Waals surface area contributed by atoms with Crippen LogP contribution in [0.4, 0.5) is 0 Å². The van der Waals surface area contributed by atoms with Gasteiger partial charge in [0.2, 0.25) is 0 Å². The third-order valence-corrected chi connectivity index (χ3v) is 3.32. The van der Waals surface area contributed by atoms with Crippen LogP contribution in [0.1, 0.15) is 45.2 Å². The SMILES string of the molecule is CC(C)ON=C(Cl)c1ccc2c(c1)OC(C)(C)CC2. The lowest BCUT2D eigenvalue weighted by molar-refractivity contribution is 0.0845. The Morgan fingerprint density at radius 3 is 2.84 bits per heavy atom. The molecule has 0 radical (unpaired) electrons. The Morgan fingerprint density at radius 1 is 1.42 bits per heavy atom. The van der Waals surface area contributed by atoms with Crippen LogP contribution >= 0.6 is 11.6 Å². The molecule has 0 amide bonds. The monoisotopic (exact) mass is 281 g/mol. The molecule has 1 aliphatic rings. The fourth-order valence-electron chi connectivity index (χ4n) is 1.97. The zero-order valence-corrected chi connectivity index (χ0v) is 12.6. The van der Waals surface area contributed by atoms with Crippen molar-refractivity contribution in [1.29, 1.82) is 0 Å². The average molecular weight is 282 g/mol. The van der Waals surface area contributed by atoms with Crippen LogP contribution in [0.5, 0.6) is 5.75 Å². The van der Waals surface area contributed by atoms with Crippen LogP contribution < -0.4 is 4.74 Å². The molecule has 0 spiro atoms. The highest BCUT2D eigenvalue weighted by atomic mass is 35.5. The molecule has 4 heteroatoms. The van der Waals surface area contributed by atoms with E-state index in [2.05, 4.69) is 19.0 Å². The maximum absolute atomic E-state index is 6.13. The van der Waals surface area contributed by atoms with E-state index in [0.717, 1.165) is 24.2 Å². The third kappa shape index (κ3) is 3.63. The zero-order chi connectivity index (χ0) is 14.0. The molecular weight excluding hydrogens is 262 g/mol. The summed E-state index contributed by atoms with van der Waals surface area (Å²) in [5, 5.41) is 4.26. The number of benzene rings is 1. The fraction of sp³-hybridized carbons (Fsp3) is 0.533. The van der Waals surface area contributed by atoms with Gasteiger partial charge in [0, 0.05) is 5.56 Å². The number of oxime groups is 1. The molecule has 104 valence electrons. The largest absolute Gasteiger partial charge is 0.488 e. The summed E-state index contributed by atoms with van der Waals surface area (Å²) in [7, 11) is 0. The van der Waals surface area contributed by atoms with Gasteiger partial charge >= 0.3 is 0 Å². The second-order valence-corrected chi connectivity index (χ2v) is 6.08. The predicted molar refractivity (Wildman–Crippen MR) is 78.1 cm³/mol. The third-order valence-electron chi connectivity index (χ3n) is 3.03. The molecular formula is C15H20ClNO2. The Bertz CT molecular complexity index is 495. The maximum atomic E-state index is 6.13. The average Bonchev–Trinajstić information content (AvgIpc) is 2.33. The van der Waals surface area contributed by atoms with E-state index < -0.39 is 0 Å². The molecule has 0 N–H and O–H groups in total. The lowest BCUT2D eigenvalue weighted by Gasteiger charge is -2.32. The first kappa shape index (κ1) is 14.2. The normalized spacial score (nSPS) is 17.9. The molecule has 1 heterocycles. The van der Waals surface area contributed by atoms with Gasteiger partial charge in [-0.1, -0.05) is 28.9 Å². The van der Waals surface area contributed by atoms with Gasteiger partial charge in [0.15, 0.2) is 5.17 Å². The first-order chi connectivity index (χ1) is 8.87. The first-order valence-electron chi connectivity index (χ1n) is 6.59. The Balaban J connectivity index is 2.23. The van der Waals surface area contributed by atoms with Gasteiger partial charge in [0.05, 0.1) is 0 Å². The maximum Gasteiger partial charge on any atom is 0.175 e. The van der Waals surface area contributed by atoms with Gasteiger partial charge in [-0.3, -0.25) is 0 Å². The summed E-state index contributed by atoms with van der Waals surface area (Å²) in [4.78, 5) is 5.16. The van der Waals surface area contributed by atoms with Crippen molar-refractivity contribution in [3.63, 3.8) is 0 Å². The predicted octanol–water partition coefficient (Wildman–Crippen LogP) is 4.12. The van der Waals surface area contributed by atoms with Crippen LogP contribution in [0.25, 0.3) is 0 Å². The van der Waals surface area contributed by atoms with Crippen LogP contribution in [0.15, 0.2) is 23.4 Å². The van der Waals surface area contributed by atoms with E-state index in [1.54, 1.807) is 0 Å². The topological polar surface area (TPSA) is 30.8 Å². The van der Waals surface area contributed by atoms with Gasteiger partial charge in [-0.2, -0.15) is 0 Å². The number of hydrogen-bond donors (Lipinski definition) is 0. The van der Waals surface area contributed by atoms with E-state index in [1.807, 2.05) is 32.0 Å². The minimum absolute atomic E-state index is 0.0153. The van der Waals surface area contributed by atoms with Crippen LogP contribution in [0.3, 0.4) is 0 Å². The van der Waals surface area contributed by atoms with Gasteiger partial charge < -0.3 is 9.57 Å². The molecule has 1 aromatic rings. The lowest BCUT2D eigenvalue weighted by atomic mass is 9.94. The number of aryl methyl sites for hydroxylation is 1. The summed E-state index contributed by atoms with van der Waals surface area (Å²) in [5.41, 5.74) is 1.92. The lowest BCUT2D eigenvalue weighted by Crippen LogP contribution is -2.32. The molecule has 0 atom stereocenters. The highest BCUT2D eigenvalue weighted by Crippen LogP contribution is 2.33. The highest BCUT2D eigenvalue weighted by molar-refractivity contribution is 6.69. The van der Waals surface area contributed by atoms with Crippen molar-refractivity contribution >= 4 is 16.8 Å². The number of rotatable bonds is 3. The van der Waals surface area contributed by atoms with Crippen molar-refractivity contribution in [2.24, 2.45) is 5.16 Å². The molecule has 0 unspecified atom stereocenters. The summed E-state index contributed by atoms with van der Waals surface area (Å²) >= 11 is 6.13. The number of nitrogens with zero attached hydrogens (tertiary/aromatic N) is 1. The molecule has 0 saturated carbocycles. The molecule has 0 aliphatic carbocycles. The standard InChI is InChI=1S/C15H20ClNO2/c1-10(2)19-17-14(16)12-6-5-11-7-8-15(3,4)18-13(11)9-12/h5-6,9-10H,7-8H2,1-4H3. The van der Waals surface area contributed by atoms with E-state index in [1.165, 1.54) is 5.56 Å². The molecule has 0 fully saturated rings. The second kappa shape index (κ2) is 5.41. The van der Waals surface area contributed by atoms with Gasteiger partial charge in [-0.05, 0) is 52.2 Å². The minimum atomic E-state index is -0.121. The smallest absolute Gasteiger partial charge is 0.175 e. The van der Waals surface area contributed by atoms with E-state index in [-0.39, 0.29) is 11.7 Å². The second-order valence-electron chi connectivity index (χ2n) is 5.72.